The summed E-state index contributed by atoms with van der Waals surface area (Å²) < 4.78 is 6.76. The van der Waals surface area contributed by atoms with Crippen molar-refractivity contribution < 1.29 is 9.53 Å². The number of ether oxygens (including phenoxy) is 1. The smallest absolute Gasteiger partial charge is 0.152 e. The van der Waals surface area contributed by atoms with Crippen LogP contribution in [-0.4, -0.2) is 23.2 Å². The molecule has 0 N–H and O–H groups in total. The highest BCUT2D eigenvalue weighted by atomic mass is 16.5. The molecular formula is C10H10N2O2. The minimum absolute atomic E-state index is 0.597. The zero-order valence-electron chi connectivity index (χ0n) is 8.02. The fourth-order valence-corrected chi connectivity index (χ4v) is 1.54. The third-order valence-corrected chi connectivity index (χ3v) is 2.20. The van der Waals surface area contributed by atoms with Gasteiger partial charge in [-0.3, -0.25) is 9.48 Å². The highest BCUT2D eigenvalue weighted by Crippen LogP contribution is 2.23. The average Bonchev–Trinajstić information content (AvgIpc) is 2.59. The molecule has 0 amide bonds. The van der Waals surface area contributed by atoms with Gasteiger partial charge in [0.25, 0.3) is 0 Å². The van der Waals surface area contributed by atoms with Gasteiger partial charge in [0, 0.05) is 18.0 Å². The Kier molecular flexibility index (Phi) is 1.96. The summed E-state index contributed by atoms with van der Waals surface area (Å²) in [7, 11) is 3.38. The van der Waals surface area contributed by atoms with E-state index in [1.807, 2.05) is 13.1 Å². The number of carbonyl (C=O) groups is 1. The van der Waals surface area contributed by atoms with Crippen LogP contribution in [0.3, 0.4) is 0 Å². The Morgan fingerprint density at radius 2 is 2.29 bits per heavy atom. The molecule has 0 aliphatic rings. The number of fused-ring (bicyclic) bond motifs is 1. The minimum atomic E-state index is 0.597. The summed E-state index contributed by atoms with van der Waals surface area (Å²) in [5.41, 5.74) is 1.43. The number of nitrogens with zero attached hydrogens (tertiary/aromatic N) is 2. The summed E-state index contributed by atoms with van der Waals surface area (Å²) in [6, 6.07) is 3.56. The molecule has 2 rings (SSSR count). The first-order chi connectivity index (χ1) is 6.76. The van der Waals surface area contributed by atoms with Crippen molar-refractivity contribution in [2.75, 3.05) is 7.11 Å². The minimum Gasteiger partial charge on any atom is -0.497 e. The Hall–Kier alpha value is -1.84. The van der Waals surface area contributed by atoms with E-state index in [0.29, 0.717) is 11.3 Å². The molecule has 14 heavy (non-hydrogen) atoms. The number of aldehydes is 1. The van der Waals surface area contributed by atoms with Crippen molar-refractivity contribution in [1.29, 1.82) is 0 Å². The Morgan fingerprint density at radius 3 is 2.93 bits per heavy atom. The first-order valence-electron chi connectivity index (χ1n) is 4.21. The molecule has 0 aliphatic heterocycles. The van der Waals surface area contributed by atoms with Crippen LogP contribution in [0, 0.1) is 0 Å². The monoisotopic (exact) mass is 190 g/mol. The predicted molar refractivity (Wildman–Crippen MR) is 52.7 cm³/mol. The molecule has 0 unspecified atom stereocenters. The Labute approximate surface area is 81.1 Å². The molecule has 0 bridgehead atoms. The molecule has 0 saturated carbocycles. The van der Waals surface area contributed by atoms with Gasteiger partial charge in [0.15, 0.2) is 6.29 Å². The summed E-state index contributed by atoms with van der Waals surface area (Å²) in [5, 5.41) is 4.99. The molecule has 0 aliphatic carbocycles. The maximum Gasteiger partial charge on any atom is 0.152 e. The SMILES string of the molecule is COc1cc(C=O)c2c(cnn2C)c1. The topological polar surface area (TPSA) is 44.1 Å². The number of benzene rings is 1. The molecule has 2 aromatic rings. The number of methoxy groups -OCH3 is 1. The molecule has 4 nitrogen and oxygen atoms in total. The van der Waals surface area contributed by atoms with Gasteiger partial charge in [-0.2, -0.15) is 5.10 Å². The first kappa shape index (κ1) is 8.74. The second kappa shape index (κ2) is 3.14. The third kappa shape index (κ3) is 1.16. The van der Waals surface area contributed by atoms with Crippen molar-refractivity contribution in [2.24, 2.45) is 7.05 Å². The molecular weight excluding hydrogens is 180 g/mol. The van der Waals surface area contributed by atoms with Crippen molar-refractivity contribution in [1.82, 2.24) is 9.78 Å². The maximum absolute atomic E-state index is 10.8. The van der Waals surface area contributed by atoms with Crippen LogP contribution in [0.4, 0.5) is 0 Å². The van der Waals surface area contributed by atoms with Gasteiger partial charge in [0.05, 0.1) is 18.8 Å². The fourth-order valence-electron chi connectivity index (χ4n) is 1.54. The molecule has 72 valence electrons. The zero-order valence-corrected chi connectivity index (χ0v) is 8.02. The lowest BCUT2D eigenvalue weighted by Crippen LogP contribution is -1.94. The largest absolute Gasteiger partial charge is 0.497 e. The van der Waals surface area contributed by atoms with Crippen LogP contribution in [-0.2, 0) is 7.05 Å². The van der Waals surface area contributed by atoms with Gasteiger partial charge in [0.2, 0.25) is 0 Å². The number of carbonyl (C=O) groups excluding carboxylic acids is 1. The van der Waals surface area contributed by atoms with E-state index in [0.717, 1.165) is 17.2 Å². The van der Waals surface area contributed by atoms with Gasteiger partial charge < -0.3 is 4.74 Å². The lowest BCUT2D eigenvalue weighted by atomic mass is 10.1. The van der Waals surface area contributed by atoms with E-state index in [9.17, 15) is 4.79 Å². The molecule has 0 saturated heterocycles. The van der Waals surface area contributed by atoms with Crippen molar-refractivity contribution in [3.05, 3.63) is 23.9 Å². The standard InChI is InChI=1S/C10H10N2O2/c1-12-10-7(5-11-12)3-9(14-2)4-8(10)6-13/h3-6H,1-2H3. The summed E-state index contributed by atoms with van der Waals surface area (Å²) in [6.07, 6.45) is 2.53. The van der Waals surface area contributed by atoms with Crippen LogP contribution >= 0.6 is 0 Å². The van der Waals surface area contributed by atoms with E-state index in [4.69, 9.17) is 4.74 Å². The van der Waals surface area contributed by atoms with Crippen LogP contribution in [0.25, 0.3) is 10.9 Å². The van der Waals surface area contributed by atoms with E-state index >= 15 is 0 Å². The van der Waals surface area contributed by atoms with Gasteiger partial charge in [-0.25, -0.2) is 0 Å². The predicted octanol–water partition coefficient (Wildman–Crippen LogP) is 1.39. The summed E-state index contributed by atoms with van der Waals surface area (Å²) in [5.74, 6) is 0.674. The second-order valence-electron chi connectivity index (χ2n) is 3.04. The number of hydrogen-bond acceptors (Lipinski definition) is 3. The summed E-state index contributed by atoms with van der Waals surface area (Å²) >= 11 is 0. The lowest BCUT2D eigenvalue weighted by Gasteiger charge is -2.02. The first-order valence-corrected chi connectivity index (χ1v) is 4.21. The van der Waals surface area contributed by atoms with Gasteiger partial charge in [0.1, 0.15) is 5.75 Å². The molecule has 0 spiro atoms. The molecule has 1 aromatic carbocycles. The highest BCUT2D eigenvalue weighted by molar-refractivity contribution is 5.96. The Balaban J connectivity index is 2.82. The van der Waals surface area contributed by atoms with Crippen molar-refractivity contribution >= 4 is 17.2 Å². The number of aromatic nitrogens is 2. The van der Waals surface area contributed by atoms with Crippen LogP contribution in [0.1, 0.15) is 10.4 Å². The number of aryl methyl sites for hydroxylation is 1. The highest BCUT2D eigenvalue weighted by Gasteiger charge is 2.07. The van der Waals surface area contributed by atoms with Crippen LogP contribution in [0.2, 0.25) is 0 Å². The lowest BCUT2D eigenvalue weighted by molar-refractivity contribution is 0.112. The molecule has 1 aromatic heterocycles. The Morgan fingerprint density at radius 1 is 1.50 bits per heavy atom. The van der Waals surface area contributed by atoms with Crippen LogP contribution in [0.15, 0.2) is 18.3 Å². The average molecular weight is 190 g/mol. The van der Waals surface area contributed by atoms with E-state index in [1.165, 1.54) is 0 Å². The van der Waals surface area contributed by atoms with Gasteiger partial charge in [-0.15, -0.1) is 0 Å². The molecule has 0 atom stereocenters. The zero-order chi connectivity index (χ0) is 10.1. The van der Waals surface area contributed by atoms with Gasteiger partial charge in [-0.1, -0.05) is 0 Å². The van der Waals surface area contributed by atoms with Gasteiger partial charge >= 0.3 is 0 Å². The van der Waals surface area contributed by atoms with Crippen molar-refractivity contribution in [3.63, 3.8) is 0 Å². The van der Waals surface area contributed by atoms with Crippen molar-refractivity contribution in [3.8, 4) is 5.75 Å². The van der Waals surface area contributed by atoms with Crippen LogP contribution in [0.5, 0.6) is 5.75 Å². The van der Waals surface area contributed by atoms with Crippen LogP contribution < -0.4 is 4.74 Å². The van der Waals surface area contributed by atoms with E-state index in [1.54, 1.807) is 24.1 Å². The molecule has 1 heterocycles. The fraction of sp³-hybridized carbons (Fsp3) is 0.200. The Bertz CT molecular complexity index is 488. The quantitative estimate of drug-likeness (QED) is 0.672. The van der Waals surface area contributed by atoms with E-state index in [-0.39, 0.29) is 0 Å². The third-order valence-electron chi connectivity index (χ3n) is 2.20. The molecule has 0 radical (unpaired) electrons. The van der Waals surface area contributed by atoms with Crippen molar-refractivity contribution in [2.45, 2.75) is 0 Å². The summed E-state index contributed by atoms with van der Waals surface area (Å²) in [6.45, 7) is 0. The summed E-state index contributed by atoms with van der Waals surface area (Å²) in [4.78, 5) is 10.8. The van der Waals surface area contributed by atoms with E-state index < -0.39 is 0 Å². The van der Waals surface area contributed by atoms with E-state index in [2.05, 4.69) is 5.10 Å². The second-order valence-corrected chi connectivity index (χ2v) is 3.04. The number of rotatable bonds is 2. The molecule has 0 fully saturated rings. The maximum atomic E-state index is 10.8. The van der Waals surface area contributed by atoms with Gasteiger partial charge in [-0.05, 0) is 12.1 Å². The molecule has 4 heteroatoms. The number of hydrogen-bond donors (Lipinski definition) is 0. The normalized spacial score (nSPS) is 10.4.